The number of carbonyl (C=O) groups is 2. The first kappa shape index (κ1) is 12.9. The van der Waals surface area contributed by atoms with Crippen LogP contribution in [0.1, 0.15) is 17.0 Å². The van der Waals surface area contributed by atoms with Crippen LogP contribution < -0.4 is 5.32 Å². The molecule has 1 N–H and O–H groups in total. The van der Waals surface area contributed by atoms with Crippen LogP contribution in [0.2, 0.25) is 0 Å². The SMILES string of the molecule is O=C(NCc1ccccc1)C1C(=O)Sc2ccccc21. The second-order valence-electron chi connectivity index (χ2n) is 4.60. The van der Waals surface area contributed by atoms with E-state index in [9.17, 15) is 9.59 Å². The van der Waals surface area contributed by atoms with Gasteiger partial charge in [-0.3, -0.25) is 9.59 Å². The van der Waals surface area contributed by atoms with Crippen molar-refractivity contribution in [2.45, 2.75) is 17.4 Å². The van der Waals surface area contributed by atoms with Crippen LogP contribution in [0.25, 0.3) is 0 Å². The van der Waals surface area contributed by atoms with Gasteiger partial charge in [-0.05, 0) is 17.2 Å². The molecule has 0 aliphatic carbocycles. The number of hydrogen-bond donors (Lipinski definition) is 1. The van der Waals surface area contributed by atoms with E-state index in [-0.39, 0.29) is 11.0 Å². The highest BCUT2D eigenvalue weighted by molar-refractivity contribution is 8.14. The van der Waals surface area contributed by atoms with Gasteiger partial charge in [-0.25, -0.2) is 0 Å². The van der Waals surface area contributed by atoms with Gasteiger partial charge in [0, 0.05) is 11.4 Å². The summed E-state index contributed by atoms with van der Waals surface area (Å²) in [6.07, 6.45) is 0. The van der Waals surface area contributed by atoms with Gasteiger partial charge < -0.3 is 5.32 Å². The first-order valence-electron chi connectivity index (χ1n) is 6.38. The number of amides is 1. The van der Waals surface area contributed by atoms with Crippen molar-refractivity contribution in [1.29, 1.82) is 0 Å². The number of benzene rings is 2. The highest BCUT2D eigenvalue weighted by Gasteiger charge is 2.36. The molecular weight excluding hydrogens is 270 g/mol. The predicted octanol–water partition coefficient (Wildman–Crippen LogP) is 2.72. The Balaban J connectivity index is 1.73. The number of nitrogens with one attached hydrogen (secondary N) is 1. The molecule has 1 atom stereocenters. The number of fused-ring (bicyclic) bond motifs is 1. The van der Waals surface area contributed by atoms with E-state index >= 15 is 0 Å². The van der Waals surface area contributed by atoms with Crippen LogP contribution in [0.4, 0.5) is 0 Å². The Hall–Kier alpha value is -2.07. The van der Waals surface area contributed by atoms with E-state index in [0.29, 0.717) is 6.54 Å². The normalized spacial score (nSPS) is 16.8. The van der Waals surface area contributed by atoms with Gasteiger partial charge in [0.25, 0.3) is 0 Å². The molecule has 20 heavy (non-hydrogen) atoms. The lowest BCUT2D eigenvalue weighted by Crippen LogP contribution is -2.30. The molecule has 0 spiro atoms. The number of rotatable bonds is 3. The van der Waals surface area contributed by atoms with Gasteiger partial charge in [0.05, 0.1) is 0 Å². The third kappa shape index (κ3) is 2.47. The van der Waals surface area contributed by atoms with Crippen LogP contribution in [0.5, 0.6) is 0 Å². The zero-order valence-electron chi connectivity index (χ0n) is 10.7. The molecule has 100 valence electrons. The maximum Gasteiger partial charge on any atom is 0.236 e. The highest BCUT2D eigenvalue weighted by atomic mass is 32.2. The van der Waals surface area contributed by atoms with Crippen LogP contribution in [0, 0.1) is 0 Å². The molecule has 1 amide bonds. The fraction of sp³-hybridized carbons (Fsp3) is 0.125. The van der Waals surface area contributed by atoms with E-state index in [1.165, 1.54) is 0 Å². The molecular formula is C16H13NO2S. The van der Waals surface area contributed by atoms with Crippen LogP contribution in [0.3, 0.4) is 0 Å². The Labute approximate surface area is 121 Å². The second-order valence-corrected chi connectivity index (χ2v) is 5.64. The Morgan fingerprint density at radius 3 is 2.55 bits per heavy atom. The summed E-state index contributed by atoms with van der Waals surface area (Å²) in [5.41, 5.74) is 1.83. The van der Waals surface area contributed by atoms with Gasteiger partial charge in [-0.1, -0.05) is 60.3 Å². The van der Waals surface area contributed by atoms with Gasteiger partial charge in [0.15, 0.2) is 0 Å². The first-order chi connectivity index (χ1) is 9.75. The van der Waals surface area contributed by atoms with Crippen molar-refractivity contribution < 1.29 is 9.59 Å². The zero-order chi connectivity index (χ0) is 13.9. The molecule has 4 heteroatoms. The molecule has 0 radical (unpaired) electrons. The molecule has 1 unspecified atom stereocenters. The Kier molecular flexibility index (Phi) is 3.56. The minimum atomic E-state index is -0.681. The van der Waals surface area contributed by atoms with E-state index in [4.69, 9.17) is 0 Å². The Morgan fingerprint density at radius 1 is 1.05 bits per heavy atom. The van der Waals surface area contributed by atoms with Crippen molar-refractivity contribution in [1.82, 2.24) is 5.32 Å². The average molecular weight is 283 g/mol. The number of carbonyl (C=O) groups excluding carboxylic acids is 2. The van der Waals surface area contributed by atoms with Gasteiger partial charge >= 0.3 is 0 Å². The molecule has 0 saturated carbocycles. The van der Waals surface area contributed by atoms with Crippen molar-refractivity contribution in [3.63, 3.8) is 0 Å². The summed E-state index contributed by atoms with van der Waals surface area (Å²) in [6, 6.07) is 17.1. The maximum absolute atomic E-state index is 12.2. The minimum Gasteiger partial charge on any atom is -0.351 e. The predicted molar refractivity (Wildman–Crippen MR) is 78.3 cm³/mol. The standard InChI is InChI=1S/C16H13NO2S/c18-15(17-10-11-6-2-1-3-7-11)14-12-8-4-5-9-13(12)20-16(14)19/h1-9,14H,10H2,(H,17,18). The molecule has 0 saturated heterocycles. The lowest BCUT2D eigenvalue weighted by Gasteiger charge is -2.10. The third-order valence-corrected chi connectivity index (χ3v) is 4.28. The van der Waals surface area contributed by atoms with Gasteiger partial charge in [0.1, 0.15) is 5.92 Å². The van der Waals surface area contributed by atoms with Crippen LogP contribution in [-0.2, 0) is 16.1 Å². The van der Waals surface area contributed by atoms with Crippen LogP contribution in [0.15, 0.2) is 59.5 Å². The molecule has 2 aromatic rings. The average Bonchev–Trinajstić information content (AvgIpc) is 2.82. The van der Waals surface area contributed by atoms with E-state index in [2.05, 4.69) is 5.32 Å². The van der Waals surface area contributed by atoms with Gasteiger partial charge in [-0.15, -0.1) is 0 Å². The summed E-state index contributed by atoms with van der Waals surface area (Å²) < 4.78 is 0. The molecule has 2 aromatic carbocycles. The molecule has 0 aromatic heterocycles. The van der Waals surface area contributed by atoms with E-state index in [1.807, 2.05) is 54.6 Å². The minimum absolute atomic E-state index is 0.100. The van der Waals surface area contributed by atoms with Crippen molar-refractivity contribution in [3.05, 3.63) is 65.7 Å². The quantitative estimate of drug-likeness (QED) is 0.881. The summed E-state index contributed by atoms with van der Waals surface area (Å²) in [4.78, 5) is 25.1. The second kappa shape index (κ2) is 5.51. The summed E-state index contributed by atoms with van der Waals surface area (Å²) in [7, 11) is 0. The van der Waals surface area contributed by atoms with E-state index in [0.717, 1.165) is 27.8 Å². The molecule has 3 rings (SSSR count). The lowest BCUT2D eigenvalue weighted by atomic mass is 10.00. The zero-order valence-corrected chi connectivity index (χ0v) is 11.5. The third-order valence-electron chi connectivity index (χ3n) is 3.25. The lowest BCUT2D eigenvalue weighted by molar-refractivity contribution is -0.126. The molecule has 0 fully saturated rings. The molecule has 1 aliphatic heterocycles. The summed E-state index contributed by atoms with van der Waals surface area (Å²) in [5.74, 6) is -0.906. The number of thioether (sulfide) groups is 1. The van der Waals surface area contributed by atoms with Gasteiger partial charge in [0.2, 0.25) is 11.0 Å². The summed E-state index contributed by atoms with van der Waals surface area (Å²) in [5, 5.41) is 2.74. The topological polar surface area (TPSA) is 46.2 Å². The molecule has 0 bridgehead atoms. The monoisotopic (exact) mass is 283 g/mol. The van der Waals surface area contributed by atoms with Crippen molar-refractivity contribution in [3.8, 4) is 0 Å². The first-order valence-corrected chi connectivity index (χ1v) is 7.19. The molecule has 1 aliphatic rings. The molecule has 1 heterocycles. The van der Waals surface area contributed by atoms with Crippen molar-refractivity contribution >= 4 is 22.8 Å². The highest BCUT2D eigenvalue weighted by Crippen LogP contribution is 2.40. The smallest absolute Gasteiger partial charge is 0.236 e. The largest absolute Gasteiger partial charge is 0.351 e. The summed E-state index contributed by atoms with van der Waals surface area (Å²) in [6.45, 7) is 0.441. The van der Waals surface area contributed by atoms with Crippen molar-refractivity contribution in [2.24, 2.45) is 0 Å². The number of hydrogen-bond acceptors (Lipinski definition) is 3. The maximum atomic E-state index is 12.2. The Morgan fingerprint density at radius 2 is 1.75 bits per heavy atom. The summed E-state index contributed by atoms with van der Waals surface area (Å²) >= 11 is 1.15. The molecule has 3 nitrogen and oxygen atoms in total. The van der Waals surface area contributed by atoms with Crippen LogP contribution >= 0.6 is 11.8 Å². The van der Waals surface area contributed by atoms with Crippen LogP contribution in [-0.4, -0.2) is 11.0 Å². The van der Waals surface area contributed by atoms with E-state index in [1.54, 1.807) is 0 Å². The fourth-order valence-corrected chi connectivity index (χ4v) is 3.26. The van der Waals surface area contributed by atoms with Crippen molar-refractivity contribution in [2.75, 3.05) is 0 Å². The van der Waals surface area contributed by atoms with E-state index < -0.39 is 5.92 Å². The Bertz CT molecular complexity index is 655. The fourth-order valence-electron chi connectivity index (χ4n) is 2.24. The van der Waals surface area contributed by atoms with Gasteiger partial charge in [-0.2, -0.15) is 0 Å².